The number of benzene rings is 1. The zero-order valence-electron chi connectivity index (χ0n) is 17.2. The summed E-state index contributed by atoms with van der Waals surface area (Å²) in [5.41, 5.74) is 0.938. The molecular weight excluding hydrogens is 416 g/mol. The fourth-order valence-corrected chi connectivity index (χ4v) is 5.61. The number of carbonyl (C=O) groups excluding carboxylic acids is 1. The highest BCUT2D eigenvalue weighted by Crippen LogP contribution is 2.46. The number of piperidine rings is 1. The smallest absolute Gasteiger partial charge is 0.233 e. The average Bonchev–Trinajstić information content (AvgIpc) is 2.62. The molecule has 2 saturated heterocycles. The van der Waals surface area contributed by atoms with Crippen LogP contribution < -0.4 is 0 Å². The molecule has 3 fully saturated rings. The Bertz CT molecular complexity index is 670. The molecule has 4 nitrogen and oxygen atoms in total. The summed E-state index contributed by atoms with van der Waals surface area (Å²) in [5.74, 6) is 1.07. The molecule has 1 aromatic carbocycles. The number of carbonyl (C=O) groups is 1. The highest BCUT2D eigenvalue weighted by Gasteiger charge is 2.48. The maximum absolute atomic E-state index is 13.5. The summed E-state index contributed by atoms with van der Waals surface area (Å²) in [7, 11) is 0. The number of hydrogen-bond donors (Lipinski definition) is 0. The van der Waals surface area contributed by atoms with Crippen LogP contribution >= 0.6 is 15.9 Å². The van der Waals surface area contributed by atoms with Crippen LogP contribution in [0.3, 0.4) is 0 Å². The summed E-state index contributed by atoms with van der Waals surface area (Å²) < 4.78 is 6.94. The largest absolute Gasteiger partial charge is 0.373 e. The number of hydrogen-bond acceptors (Lipinski definition) is 3. The van der Waals surface area contributed by atoms with Crippen LogP contribution in [-0.2, 0) is 14.9 Å². The minimum Gasteiger partial charge on any atom is -0.373 e. The lowest BCUT2D eigenvalue weighted by atomic mass is 9.63. The quantitative estimate of drug-likeness (QED) is 0.690. The van der Waals surface area contributed by atoms with Gasteiger partial charge in [-0.1, -0.05) is 34.5 Å². The van der Waals surface area contributed by atoms with Gasteiger partial charge >= 0.3 is 0 Å². The van der Waals surface area contributed by atoms with Crippen LogP contribution in [0.4, 0.5) is 0 Å². The van der Waals surface area contributed by atoms with Crippen molar-refractivity contribution in [1.82, 2.24) is 9.80 Å². The van der Waals surface area contributed by atoms with E-state index in [2.05, 4.69) is 63.8 Å². The SMILES string of the molecule is CC1CN(CC2CCN(C(=O)C3(c4ccc(Br)cc4)CCC3)CC2)CC(C)O1. The van der Waals surface area contributed by atoms with Crippen molar-refractivity contribution in [2.45, 2.75) is 63.6 Å². The van der Waals surface area contributed by atoms with E-state index in [4.69, 9.17) is 4.74 Å². The van der Waals surface area contributed by atoms with E-state index in [9.17, 15) is 4.79 Å². The van der Waals surface area contributed by atoms with Crippen LogP contribution in [0.1, 0.15) is 51.5 Å². The first-order valence-corrected chi connectivity index (χ1v) is 11.7. The van der Waals surface area contributed by atoms with E-state index in [0.717, 1.165) is 69.3 Å². The van der Waals surface area contributed by atoms with Gasteiger partial charge in [-0.25, -0.2) is 0 Å². The van der Waals surface area contributed by atoms with Gasteiger partial charge in [-0.3, -0.25) is 9.69 Å². The normalized spacial score (nSPS) is 28.8. The molecule has 2 atom stereocenters. The lowest BCUT2D eigenvalue weighted by molar-refractivity contribution is -0.142. The number of rotatable bonds is 4. The van der Waals surface area contributed by atoms with Crippen molar-refractivity contribution >= 4 is 21.8 Å². The molecule has 3 aliphatic rings. The Morgan fingerprint density at radius 3 is 2.25 bits per heavy atom. The van der Waals surface area contributed by atoms with Crippen molar-refractivity contribution in [1.29, 1.82) is 0 Å². The van der Waals surface area contributed by atoms with Gasteiger partial charge < -0.3 is 9.64 Å². The van der Waals surface area contributed by atoms with E-state index < -0.39 is 0 Å². The van der Waals surface area contributed by atoms with Crippen molar-refractivity contribution in [3.8, 4) is 0 Å². The van der Waals surface area contributed by atoms with Crippen LogP contribution in [0.25, 0.3) is 0 Å². The van der Waals surface area contributed by atoms with Gasteiger partial charge in [0.25, 0.3) is 0 Å². The minimum absolute atomic E-state index is 0.261. The van der Waals surface area contributed by atoms with Crippen molar-refractivity contribution in [2.75, 3.05) is 32.7 Å². The number of halogens is 1. The molecule has 0 aromatic heterocycles. The highest BCUT2D eigenvalue weighted by atomic mass is 79.9. The van der Waals surface area contributed by atoms with Gasteiger partial charge in [-0.15, -0.1) is 0 Å². The fraction of sp³-hybridized carbons (Fsp3) is 0.696. The third-order valence-corrected chi connectivity index (χ3v) is 7.46. The third-order valence-electron chi connectivity index (χ3n) is 6.93. The summed E-state index contributed by atoms with van der Waals surface area (Å²) in [4.78, 5) is 18.2. The first-order chi connectivity index (χ1) is 13.5. The Morgan fingerprint density at radius 1 is 1.11 bits per heavy atom. The number of likely N-dealkylation sites (tertiary alicyclic amines) is 1. The second kappa shape index (κ2) is 8.45. The van der Waals surface area contributed by atoms with E-state index in [1.54, 1.807) is 0 Å². The number of amides is 1. The number of morpholine rings is 1. The monoisotopic (exact) mass is 448 g/mol. The van der Waals surface area contributed by atoms with Gasteiger partial charge in [0.05, 0.1) is 17.6 Å². The topological polar surface area (TPSA) is 32.8 Å². The molecule has 2 aliphatic heterocycles. The summed E-state index contributed by atoms with van der Waals surface area (Å²) in [6, 6.07) is 8.40. The van der Waals surface area contributed by atoms with Crippen LogP contribution in [0.5, 0.6) is 0 Å². The van der Waals surface area contributed by atoms with E-state index in [0.29, 0.717) is 24.0 Å². The molecule has 154 valence electrons. The number of nitrogens with zero attached hydrogens (tertiary/aromatic N) is 2. The fourth-order valence-electron chi connectivity index (χ4n) is 5.35. The zero-order chi connectivity index (χ0) is 19.7. The summed E-state index contributed by atoms with van der Waals surface area (Å²) in [6.07, 6.45) is 6.06. The van der Waals surface area contributed by atoms with E-state index in [1.165, 1.54) is 5.56 Å². The molecule has 1 aromatic rings. The van der Waals surface area contributed by atoms with Crippen molar-refractivity contribution in [3.05, 3.63) is 34.3 Å². The summed E-state index contributed by atoms with van der Waals surface area (Å²) in [6.45, 7) is 9.40. The highest BCUT2D eigenvalue weighted by molar-refractivity contribution is 9.10. The van der Waals surface area contributed by atoms with Gasteiger partial charge in [-0.2, -0.15) is 0 Å². The summed E-state index contributed by atoms with van der Waals surface area (Å²) >= 11 is 3.51. The Hall–Kier alpha value is -0.910. The standard InChI is InChI=1S/C23H33BrN2O2/c1-17-14-25(15-18(2)28-17)16-19-8-12-26(13-9-19)22(27)23(10-3-11-23)20-4-6-21(24)7-5-20/h4-7,17-19H,3,8-16H2,1-2H3. The zero-order valence-corrected chi connectivity index (χ0v) is 18.8. The molecule has 0 radical (unpaired) electrons. The van der Waals surface area contributed by atoms with Gasteiger partial charge in [-0.05, 0) is 63.1 Å². The van der Waals surface area contributed by atoms with Crippen LogP contribution in [0, 0.1) is 5.92 Å². The van der Waals surface area contributed by atoms with Gasteiger partial charge in [0, 0.05) is 37.2 Å². The van der Waals surface area contributed by atoms with Crippen molar-refractivity contribution in [3.63, 3.8) is 0 Å². The maximum Gasteiger partial charge on any atom is 0.233 e. The summed E-state index contributed by atoms with van der Waals surface area (Å²) in [5, 5.41) is 0. The lowest BCUT2D eigenvalue weighted by Gasteiger charge is -2.46. The molecule has 0 N–H and O–H groups in total. The first kappa shape index (κ1) is 20.4. The molecule has 0 spiro atoms. The van der Waals surface area contributed by atoms with Crippen LogP contribution in [0.2, 0.25) is 0 Å². The molecule has 4 rings (SSSR count). The Kier molecular flexibility index (Phi) is 6.15. The third kappa shape index (κ3) is 4.17. The molecule has 5 heteroatoms. The van der Waals surface area contributed by atoms with Gasteiger partial charge in [0.1, 0.15) is 0 Å². The minimum atomic E-state index is -0.261. The van der Waals surface area contributed by atoms with E-state index in [-0.39, 0.29) is 5.41 Å². The van der Waals surface area contributed by atoms with Gasteiger partial charge in [0.15, 0.2) is 0 Å². The lowest BCUT2D eigenvalue weighted by Crippen LogP contribution is -2.54. The predicted octanol–water partition coefficient (Wildman–Crippen LogP) is 4.22. The maximum atomic E-state index is 13.5. The van der Waals surface area contributed by atoms with Crippen LogP contribution in [-0.4, -0.2) is 60.6 Å². The van der Waals surface area contributed by atoms with Crippen molar-refractivity contribution < 1.29 is 9.53 Å². The molecule has 1 amide bonds. The second-order valence-electron chi connectivity index (χ2n) is 9.15. The number of ether oxygens (including phenoxy) is 1. The molecule has 28 heavy (non-hydrogen) atoms. The second-order valence-corrected chi connectivity index (χ2v) is 10.1. The molecule has 2 heterocycles. The Morgan fingerprint density at radius 2 is 1.71 bits per heavy atom. The predicted molar refractivity (Wildman–Crippen MR) is 115 cm³/mol. The molecule has 2 unspecified atom stereocenters. The first-order valence-electron chi connectivity index (χ1n) is 10.9. The van der Waals surface area contributed by atoms with Gasteiger partial charge in [0.2, 0.25) is 5.91 Å². The van der Waals surface area contributed by atoms with Crippen molar-refractivity contribution in [2.24, 2.45) is 5.92 Å². The van der Waals surface area contributed by atoms with E-state index >= 15 is 0 Å². The Labute approximate surface area is 177 Å². The Balaban J connectivity index is 1.34. The molecular formula is C23H33BrN2O2. The van der Waals surface area contributed by atoms with E-state index in [1.807, 2.05) is 0 Å². The average molecular weight is 449 g/mol. The molecule has 1 saturated carbocycles. The molecule has 1 aliphatic carbocycles. The van der Waals surface area contributed by atoms with Crippen LogP contribution in [0.15, 0.2) is 28.7 Å². The molecule has 0 bridgehead atoms.